The minimum Gasteiger partial charge on any atom is -0.258 e. The quantitative estimate of drug-likeness (QED) is 0.607. The molecule has 0 aliphatic heterocycles. The molecule has 1 heterocycles. The predicted molar refractivity (Wildman–Crippen MR) is 61.0 cm³/mol. The summed E-state index contributed by atoms with van der Waals surface area (Å²) >= 11 is 0. The number of hydrogen-bond donors (Lipinski definition) is 0. The van der Waals surface area contributed by atoms with Gasteiger partial charge < -0.3 is 0 Å². The minimum atomic E-state index is -1.02. The van der Waals surface area contributed by atoms with Crippen LogP contribution in [-0.2, 0) is 0 Å². The van der Waals surface area contributed by atoms with E-state index in [4.69, 9.17) is 0 Å². The molecule has 6 heteroatoms. The van der Waals surface area contributed by atoms with Crippen LogP contribution in [0.4, 0.5) is 14.5 Å². The van der Waals surface area contributed by atoms with E-state index in [9.17, 15) is 18.9 Å². The van der Waals surface area contributed by atoms with Crippen LogP contribution < -0.4 is 0 Å². The van der Waals surface area contributed by atoms with Crippen LogP contribution >= 0.6 is 0 Å². The Bertz CT molecular complexity index is 629. The lowest BCUT2D eigenvalue weighted by Gasteiger charge is -2.04. The minimum absolute atomic E-state index is 0.0204. The highest BCUT2D eigenvalue weighted by Gasteiger charge is 2.15. The molecule has 0 aliphatic rings. The van der Waals surface area contributed by atoms with Gasteiger partial charge in [-0.3, -0.25) is 10.1 Å². The summed E-state index contributed by atoms with van der Waals surface area (Å²) in [5.41, 5.74) is 0.326. The third kappa shape index (κ3) is 2.04. The second-order valence-corrected chi connectivity index (χ2v) is 3.71. The average molecular weight is 250 g/mol. The van der Waals surface area contributed by atoms with E-state index in [0.717, 1.165) is 12.3 Å². The van der Waals surface area contributed by atoms with Crippen molar-refractivity contribution in [3.63, 3.8) is 0 Å². The first-order valence-electron chi connectivity index (χ1n) is 5.06. The van der Waals surface area contributed by atoms with Crippen LogP contribution in [0.25, 0.3) is 11.3 Å². The summed E-state index contributed by atoms with van der Waals surface area (Å²) < 4.78 is 26.6. The molecule has 2 aromatic rings. The molecule has 0 radical (unpaired) electrons. The van der Waals surface area contributed by atoms with Crippen LogP contribution in [0.1, 0.15) is 5.56 Å². The highest BCUT2D eigenvalue weighted by atomic mass is 19.2. The molecule has 0 N–H and O–H groups in total. The Hall–Kier alpha value is -2.37. The second-order valence-electron chi connectivity index (χ2n) is 3.71. The van der Waals surface area contributed by atoms with Crippen molar-refractivity contribution in [3.8, 4) is 11.3 Å². The Morgan fingerprint density at radius 3 is 2.67 bits per heavy atom. The van der Waals surface area contributed by atoms with E-state index in [1.165, 1.54) is 25.1 Å². The van der Waals surface area contributed by atoms with Crippen molar-refractivity contribution in [2.45, 2.75) is 6.92 Å². The molecule has 18 heavy (non-hydrogen) atoms. The van der Waals surface area contributed by atoms with E-state index < -0.39 is 16.6 Å². The summed E-state index contributed by atoms with van der Waals surface area (Å²) in [7, 11) is 0. The van der Waals surface area contributed by atoms with Gasteiger partial charge in [0.1, 0.15) is 6.20 Å². The van der Waals surface area contributed by atoms with Crippen molar-refractivity contribution < 1.29 is 13.7 Å². The summed E-state index contributed by atoms with van der Waals surface area (Å²) in [6, 6.07) is 5.07. The highest BCUT2D eigenvalue weighted by molar-refractivity contribution is 5.62. The Balaban J connectivity index is 2.56. The molecule has 0 amide bonds. The lowest BCUT2D eigenvalue weighted by Crippen LogP contribution is -1.96. The van der Waals surface area contributed by atoms with Gasteiger partial charge in [-0.15, -0.1) is 0 Å². The number of aromatic nitrogens is 1. The maximum Gasteiger partial charge on any atom is 0.290 e. The second kappa shape index (κ2) is 4.48. The molecule has 4 nitrogen and oxygen atoms in total. The predicted octanol–water partition coefficient (Wildman–Crippen LogP) is 3.24. The van der Waals surface area contributed by atoms with Gasteiger partial charge in [0.2, 0.25) is 0 Å². The molecule has 0 saturated heterocycles. The number of hydrogen-bond acceptors (Lipinski definition) is 3. The maximum absolute atomic E-state index is 13.5. The molecular weight excluding hydrogens is 242 g/mol. The number of rotatable bonds is 2. The third-order valence-corrected chi connectivity index (χ3v) is 2.51. The summed E-state index contributed by atoms with van der Waals surface area (Å²) in [5.74, 6) is -2.00. The van der Waals surface area contributed by atoms with Gasteiger partial charge in [0.05, 0.1) is 10.6 Å². The number of benzene rings is 1. The van der Waals surface area contributed by atoms with Crippen LogP contribution in [0, 0.1) is 28.7 Å². The molecule has 2 rings (SSSR count). The van der Waals surface area contributed by atoms with Crippen molar-refractivity contribution in [1.29, 1.82) is 0 Å². The van der Waals surface area contributed by atoms with Crippen molar-refractivity contribution in [2.24, 2.45) is 0 Å². The van der Waals surface area contributed by atoms with E-state index in [0.29, 0.717) is 5.56 Å². The molecule has 0 spiro atoms. The summed E-state index contributed by atoms with van der Waals surface area (Å²) in [6.07, 6.45) is 1.04. The van der Waals surface area contributed by atoms with Crippen molar-refractivity contribution in [1.82, 2.24) is 4.98 Å². The van der Waals surface area contributed by atoms with Gasteiger partial charge in [-0.05, 0) is 25.1 Å². The fraction of sp³-hybridized carbons (Fsp3) is 0.0833. The summed E-state index contributed by atoms with van der Waals surface area (Å²) in [6.45, 7) is 1.51. The smallest absolute Gasteiger partial charge is 0.258 e. The average Bonchev–Trinajstić information content (AvgIpc) is 2.32. The first-order valence-corrected chi connectivity index (χ1v) is 5.06. The number of pyridine rings is 1. The molecule has 0 aliphatic carbocycles. The van der Waals surface area contributed by atoms with Gasteiger partial charge in [0, 0.05) is 11.1 Å². The zero-order valence-electron chi connectivity index (χ0n) is 9.35. The number of aryl methyl sites for hydroxylation is 1. The van der Waals surface area contributed by atoms with E-state index in [2.05, 4.69) is 4.98 Å². The lowest BCUT2D eigenvalue weighted by atomic mass is 10.1. The van der Waals surface area contributed by atoms with E-state index in [1.807, 2.05) is 0 Å². The fourth-order valence-electron chi connectivity index (χ4n) is 1.59. The van der Waals surface area contributed by atoms with Gasteiger partial charge in [0.25, 0.3) is 5.69 Å². The van der Waals surface area contributed by atoms with Crippen molar-refractivity contribution in [3.05, 3.63) is 57.8 Å². The zero-order valence-corrected chi connectivity index (χ0v) is 9.35. The van der Waals surface area contributed by atoms with Crippen LogP contribution in [0.5, 0.6) is 0 Å². The SMILES string of the molecule is Cc1cc(-c2cccc(F)c2F)ncc1[N+](=O)[O-]. The van der Waals surface area contributed by atoms with Gasteiger partial charge in [-0.1, -0.05) is 6.07 Å². The molecule has 0 saturated carbocycles. The van der Waals surface area contributed by atoms with E-state index in [-0.39, 0.29) is 16.9 Å². The number of halogens is 2. The van der Waals surface area contributed by atoms with Crippen molar-refractivity contribution in [2.75, 3.05) is 0 Å². The molecule has 0 unspecified atom stereocenters. The highest BCUT2D eigenvalue weighted by Crippen LogP contribution is 2.26. The van der Waals surface area contributed by atoms with Crippen LogP contribution in [0.3, 0.4) is 0 Å². The standard InChI is InChI=1S/C12H8F2N2O2/c1-7-5-10(15-6-11(7)16(17)18)8-3-2-4-9(13)12(8)14/h2-6H,1H3. The van der Waals surface area contributed by atoms with E-state index >= 15 is 0 Å². The van der Waals surface area contributed by atoms with Gasteiger partial charge in [0.15, 0.2) is 11.6 Å². The zero-order chi connectivity index (χ0) is 13.3. The number of nitrogens with zero attached hydrogens (tertiary/aromatic N) is 2. The molecule has 1 aromatic carbocycles. The monoisotopic (exact) mass is 250 g/mol. The first-order chi connectivity index (χ1) is 8.50. The lowest BCUT2D eigenvalue weighted by molar-refractivity contribution is -0.385. The normalized spacial score (nSPS) is 10.4. The maximum atomic E-state index is 13.5. The van der Waals surface area contributed by atoms with Crippen LogP contribution in [-0.4, -0.2) is 9.91 Å². The van der Waals surface area contributed by atoms with Crippen LogP contribution in [0.15, 0.2) is 30.5 Å². The summed E-state index contributed by atoms with van der Waals surface area (Å²) in [4.78, 5) is 13.8. The van der Waals surface area contributed by atoms with Gasteiger partial charge in [-0.25, -0.2) is 13.8 Å². The molecule has 0 fully saturated rings. The number of nitro groups is 1. The molecule has 92 valence electrons. The van der Waals surface area contributed by atoms with Crippen molar-refractivity contribution >= 4 is 5.69 Å². The molecule has 0 atom stereocenters. The molecular formula is C12H8F2N2O2. The van der Waals surface area contributed by atoms with Gasteiger partial charge >= 0.3 is 0 Å². The summed E-state index contributed by atoms with van der Waals surface area (Å²) in [5, 5.41) is 10.6. The van der Waals surface area contributed by atoms with Gasteiger partial charge in [-0.2, -0.15) is 0 Å². The Labute approximate surface area is 101 Å². The fourth-order valence-corrected chi connectivity index (χ4v) is 1.59. The first kappa shape index (κ1) is 12.1. The topological polar surface area (TPSA) is 56.0 Å². The Morgan fingerprint density at radius 1 is 1.33 bits per heavy atom. The van der Waals surface area contributed by atoms with E-state index in [1.54, 1.807) is 0 Å². The largest absolute Gasteiger partial charge is 0.290 e. The Kier molecular flexibility index (Phi) is 3.01. The van der Waals surface area contributed by atoms with Crippen LogP contribution in [0.2, 0.25) is 0 Å². The molecule has 0 bridgehead atoms. The Morgan fingerprint density at radius 2 is 2.06 bits per heavy atom. The molecule has 1 aromatic heterocycles. The third-order valence-electron chi connectivity index (χ3n) is 2.51.